The molecule has 0 spiro atoms. The number of rotatable bonds is 5. The minimum Gasteiger partial charge on any atom is -0.494 e. The van der Waals surface area contributed by atoms with Gasteiger partial charge in [-0.25, -0.2) is 5.43 Å². The van der Waals surface area contributed by atoms with Crippen molar-refractivity contribution >= 4 is 0 Å². The molecule has 3 N–H and O–H groups in total. The van der Waals surface area contributed by atoms with Crippen LogP contribution in [0.1, 0.15) is 24.1 Å². The molecule has 1 unspecified atom stereocenters. The lowest BCUT2D eigenvalue weighted by molar-refractivity contribution is 0.340. The van der Waals surface area contributed by atoms with Gasteiger partial charge in [0.05, 0.1) is 12.6 Å². The number of hydrogen-bond donors (Lipinski definition) is 2. The van der Waals surface area contributed by atoms with Crippen LogP contribution in [-0.4, -0.2) is 6.61 Å². The van der Waals surface area contributed by atoms with Crippen molar-refractivity contribution in [2.45, 2.75) is 13.0 Å². The molecule has 0 aliphatic heterocycles. The number of nitrogens with two attached hydrogens (primary N) is 1. The van der Waals surface area contributed by atoms with Crippen LogP contribution in [0.15, 0.2) is 54.6 Å². The van der Waals surface area contributed by atoms with E-state index in [2.05, 4.69) is 17.6 Å². The summed E-state index contributed by atoms with van der Waals surface area (Å²) in [5, 5.41) is 0. The zero-order valence-corrected chi connectivity index (χ0v) is 10.5. The summed E-state index contributed by atoms with van der Waals surface area (Å²) in [7, 11) is 0. The topological polar surface area (TPSA) is 47.3 Å². The molecule has 0 aliphatic rings. The van der Waals surface area contributed by atoms with E-state index in [1.54, 1.807) is 0 Å². The summed E-state index contributed by atoms with van der Waals surface area (Å²) >= 11 is 0. The van der Waals surface area contributed by atoms with Crippen LogP contribution in [0.2, 0.25) is 0 Å². The molecule has 0 aromatic heterocycles. The van der Waals surface area contributed by atoms with Crippen LogP contribution >= 0.6 is 0 Å². The summed E-state index contributed by atoms with van der Waals surface area (Å²) in [6, 6.07) is 18.1. The summed E-state index contributed by atoms with van der Waals surface area (Å²) < 4.78 is 5.43. The highest BCUT2D eigenvalue weighted by atomic mass is 16.5. The maximum atomic E-state index is 5.65. The van der Waals surface area contributed by atoms with Gasteiger partial charge < -0.3 is 4.74 Å². The standard InChI is InChI=1S/C15H18N2O/c1-2-18-14-10-8-13(9-11-14)15(17-16)12-6-4-3-5-7-12/h3-11,15,17H,2,16H2,1H3. The van der Waals surface area contributed by atoms with Gasteiger partial charge in [0.25, 0.3) is 0 Å². The van der Waals surface area contributed by atoms with Crippen molar-refractivity contribution in [3.63, 3.8) is 0 Å². The highest BCUT2D eigenvalue weighted by Crippen LogP contribution is 2.23. The van der Waals surface area contributed by atoms with Gasteiger partial charge in [-0.2, -0.15) is 0 Å². The molecule has 0 fully saturated rings. The number of hydrazine groups is 1. The zero-order valence-electron chi connectivity index (χ0n) is 10.5. The molecule has 2 aromatic rings. The van der Waals surface area contributed by atoms with Crippen LogP contribution in [0.5, 0.6) is 5.75 Å². The molecule has 0 saturated heterocycles. The van der Waals surface area contributed by atoms with Crippen molar-refractivity contribution in [3.05, 3.63) is 65.7 Å². The third kappa shape index (κ3) is 2.88. The van der Waals surface area contributed by atoms with Crippen molar-refractivity contribution in [1.29, 1.82) is 0 Å². The number of benzene rings is 2. The Morgan fingerprint density at radius 2 is 1.61 bits per heavy atom. The van der Waals surface area contributed by atoms with E-state index in [1.807, 2.05) is 49.4 Å². The molecule has 0 aliphatic carbocycles. The van der Waals surface area contributed by atoms with E-state index in [0.717, 1.165) is 16.9 Å². The van der Waals surface area contributed by atoms with Gasteiger partial charge in [-0.3, -0.25) is 5.84 Å². The number of hydrogen-bond acceptors (Lipinski definition) is 3. The number of nitrogens with one attached hydrogen (secondary N) is 1. The van der Waals surface area contributed by atoms with Gasteiger partial charge in [-0.15, -0.1) is 0 Å². The molecule has 3 heteroatoms. The Kier molecular flexibility index (Phi) is 4.34. The van der Waals surface area contributed by atoms with E-state index in [9.17, 15) is 0 Å². The van der Waals surface area contributed by atoms with Gasteiger partial charge in [-0.1, -0.05) is 42.5 Å². The third-order valence-electron chi connectivity index (χ3n) is 2.82. The lowest BCUT2D eigenvalue weighted by Crippen LogP contribution is -2.28. The fourth-order valence-corrected chi connectivity index (χ4v) is 1.95. The van der Waals surface area contributed by atoms with Gasteiger partial charge >= 0.3 is 0 Å². The van der Waals surface area contributed by atoms with E-state index in [4.69, 9.17) is 10.6 Å². The molecule has 18 heavy (non-hydrogen) atoms. The maximum Gasteiger partial charge on any atom is 0.119 e. The monoisotopic (exact) mass is 242 g/mol. The van der Waals surface area contributed by atoms with E-state index < -0.39 is 0 Å². The molecule has 0 radical (unpaired) electrons. The summed E-state index contributed by atoms with van der Waals surface area (Å²) in [5.41, 5.74) is 5.11. The molecular formula is C15H18N2O. The summed E-state index contributed by atoms with van der Waals surface area (Å²) in [4.78, 5) is 0. The van der Waals surface area contributed by atoms with Gasteiger partial charge in [-0.05, 0) is 30.2 Å². The molecule has 0 heterocycles. The molecule has 0 saturated carbocycles. The zero-order chi connectivity index (χ0) is 12.8. The van der Waals surface area contributed by atoms with Crippen molar-refractivity contribution in [3.8, 4) is 5.75 Å². The Hall–Kier alpha value is -1.84. The Labute approximate surface area is 108 Å². The predicted octanol–water partition coefficient (Wildman–Crippen LogP) is 2.64. The summed E-state index contributed by atoms with van der Waals surface area (Å²) in [5.74, 6) is 6.53. The average molecular weight is 242 g/mol. The van der Waals surface area contributed by atoms with Crippen molar-refractivity contribution < 1.29 is 4.74 Å². The highest BCUT2D eigenvalue weighted by molar-refractivity contribution is 5.35. The lowest BCUT2D eigenvalue weighted by Gasteiger charge is -2.17. The minimum absolute atomic E-state index is 0.00174. The quantitative estimate of drug-likeness (QED) is 0.626. The Morgan fingerprint density at radius 3 is 2.17 bits per heavy atom. The van der Waals surface area contributed by atoms with Crippen LogP contribution in [-0.2, 0) is 0 Å². The second-order valence-electron chi connectivity index (χ2n) is 4.01. The van der Waals surface area contributed by atoms with Crippen LogP contribution in [0.3, 0.4) is 0 Å². The first-order valence-corrected chi connectivity index (χ1v) is 6.09. The van der Waals surface area contributed by atoms with Gasteiger partial charge in [0.1, 0.15) is 5.75 Å². The first kappa shape index (κ1) is 12.6. The van der Waals surface area contributed by atoms with Crippen molar-refractivity contribution in [2.75, 3.05) is 6.61 Å². The summed E-state index contributed by atoms with van der Waals surface area (Å²) in [6.07, 6.45) is 0. The fourth-order valence-electron chi connectivity index (χ4n) is 1.95. The second-order valence-corrected chi connectivity index (χ2v) is 4.01. The summed E-state index contributed by atoms with van der Waals surface area (Å²) in [6.45, 7) is 2.65. The molecule has 2 aromatic carbocycles. The number of ether oxygens (including phenoxy) is 1. The first-order valence-electron chi connectivity index (χ1n) is 6.09. The minimum atomic E-state index is 0.00174. The SMILES string of the molecule is CCOc1ccc(C(NN)c2ccccc2)cc1. The van der Waals surface area contributed by atoms with E-state index in [-0.39, 0.29) is 6.04 Å². The molecule has 94 valence electrons. The van der Waals surface area contributed by atoms with E-state index in [1.165, 1.54) is 0 Å². The van der Waals surface area contributed by atoms with Crippen LogP contribution in [0.25, 0.3) is 0 Å². The van der Waals surface area contributed by atoms with E-state index >= 15 is 0 Å². The smallest absolute Gasteiger partial charge is 0.119 e. The van der Waals surface area contributed by atoms with E-state index in [0.29, 0.717) is 6.61 Å². The lowest BCUT2D eigenvalue weighted by atomic mass is 9.99. The average Bonchev–Trinajstić information content (AvgIpc) is 2.43. The first-order chi connectivity index (χ1) is 8.85. The molecular weight excluding hydrogens is 224 g/mol. The Balaban J connectivity index is 2.23. The van der Waals surface area contributed by atoms with Crippen molar-refractivity contribution in [1.82, 2.24) is 5.43 Å². The van der Waals surface area contributed by atoms with Gasteiger partial charge in [0.15, 0.2) is 0 Å². The molecule has 3 nitrogen and oxygen atoms in total. The van der Waals surface area contributed by atoms with Crippen molar-refractivity contribution in [2.24, 2.45) is 5.84 Å². The van der Waals surface area contributed by atoms with Crippen LogP contribution in [0, 0.1) is 0 Å². The molecule has 0 amide bonds. The maximum absolute atomic E-state index is 5.65. The molecule has 0 bridgehead atoms. The molecule has 1 atom stereocenters. The Morgan fingerprint density at radius 1 is 1.00 bits per heavy atom. The Bertz CT molecular complexity index is 468. The van der Waals surface area contributed by atoms with Crippen LogP contribution < -0.4 is 16.0 Å². The van der Waals surface area contributed by atoms with Gasteiger partial charge in [0, 0.05) is 0 Å². The normalized spacial score (nSPS) is 12.1. The fraction of sp³-hybridized carbons (Fsp3) is 0.200. The van der Waals surface area contributed by atoms with Gasteiger partial charge in [0.2, 0.25) is 0 Å². The third-order valence-corrected chi connectivity index (χ3v) is 2.82. The van der Waals surface area contributed by atoms with Crippen LogP contribution in [0.4, 0.5) is 0 Å². The highest BCUT2D eigenvalue weighted by Gasteiger charge is 2.11. The predicted molar refractivity (Wildman–Crippen MR) is 73.2 cm³/mol. The largest absolute Gasteiger partial charge is 0.494 e. The molecule has 2 rings (SSSR count). The second kappa shape index (κ2) is 6.19.